The van der Waals surface area contributed by atoms with Gasteiger partial charge in [0, 0.05) is 30.5 Å². The van der Waals surface area contributed by atoms with E-state index in [9.17, 15) is 18.0 Å². The van der Waals surface area contributed by atoms with Crippen molar-refractivity contribution >= 4 is 27.3 Å². The zero-order valence-electron chi connectivity index (χ0n) is 19.4. The van der Waals surface area contributed by atoms with E-state index in [0.29, 0.717) is 16.6 Å². The fraction of sp³-hybridized carbons (Fsp3) is 0.360. The predicted molar refractivity (Wildman–Crippen MR) is 127 cm³/mol. The molecule has 1 N–H and O–H groups in total. The molecule has 4 rings (SSSR count). The number of carboxylic acids is 1. The lowest BCUT2D eigenvalue weighted by Gasteiger charge is -2.34. The van der Waals surface area contributed by atoms with Gasteiger partial charge in [-0.1, -0.05) is 18.2 Å². The average Bonchev–Trinajstić information content (AvgIpc) is 3.07. The van der Waals surface area contributed by atoms with E-state index in [1.807, 2.05) is 36.4 Å². The van der Waals surface area contributed by atoms with Gasteiger partial charge in [-0.2, -0.15) is 4.31 Å². The lowest BCUT2D eigenvalue weighted by molar-refractivity contribution is -0.136. The monoisotopic (exact) mass is 484 g/mol. The van der Waals surface area contributed by atoms with Gasteiger partial charge in [-0.25, -0.2) is 8.42 Å². The molecule has 0 aliphatic carbocycles. The van der Waals surface area contributed by atoms with Crippen LogP contribution in [-0.2, 0) is 26.0 Å². The van der Waals surface area contributed by atoms with E-state index in [-0.39, 0.29) is 54.4 Å². The first-order valence-electron chi connectivity index (χ1n) is 11.2. The summed E-state index contributed by atoms with van der Waals surface area (Å²) in [6, 6.07) is 11.5. The molecule has 0 bridgehead atoms. The van der Waals surface area contributed by atoms with Crippen molar-refractivity contribution in [3.63, 3.8) is 0 Å². The van der Waals surface area contributed by atoms with Crippen LogP contribution < -0.4 is 0 Å². The molecule has 1 aromatic carbocycles. The van der Waals surface area contributed by atoms with Crippen LogP contribution >= 0.6 is 0 Å². The molecule has 3 heterocycles. The Bertz CT molecular complexity index is 1350. The summed E-state index contributed by atoms with van der Waals surface area (Å²) in [4.78, 5) is 24.8. The molecule has 34 heavy (non-hydrogen) atoms. The number of hydrogen-bond donors (Lipinski definition) is 1. The summed E-state index contributed by atoms with van der Waals surface area (Å²) in [5.74, 6) is -1.22. The van der Waals surface area contributed by atoms with E-state index in [1.165, 1.54) is 16.4 Å². The van der Waals surface area contributed by atoms with Gasteiger partial charge in [0.25, 0.3) is 0 Å². The number of rotatable bonds is 7. The molecular weight excluding hydrogens is 456 g/mol. The second kappa shape index (κ2) is 9.32. The summed E-state index contributed by atoms with van der Waals surface area (Å²) in [6.45, 7) is 5.97. The molecular formula is C25H28N2O6S. The molecule has 2 unspecified atom stereocenters. The highest BCUT2D eigenvalue weighted by molar-refractivity contribution is 7.89. The molecule has 1 fully saturated rings. The van der Waals surface area contributed by atoms with Gasteiger partial charge in [-0.15, -0.1) is 0 Å². The highest BCUT2D eigenvalue weighted by atomic mass is 32.2. The number of ether oxygens (including phenoxy) is 1. The zero-order chi connectivity index (χ0) is 24.6. The molecule has 0 radical (unpaired) electrons. The number of fused-ring (bicyclic) bond motifs is 1. The molecule has 1 aliphatic heterocycles. The van der Waals surface area contributed by atoms with Crippen LogP contribution in [0.4, 0.5) is 0 Å². The number of sulfonamides is 1. The first-order chi connectivity index (χ1) is 16.1. The molecule has 0 saturated carbocycles. The van der Waals surface area contributed by atoms with Crippen LogP contribution in [0.5, 0.6) is 0 Å². The van der Waals surface area contributed by atoms with Crippen LogP contribution in [0.25, 0.3) is 5.52 Å². The number of ketones is 1. The van der Waals surface area contributed by atoms with Crippen LogP contribution in [0.15, 0.2) is 53.6 Å². The van der Waals surface area contributed by atoms with Crippen LogP contribution in [0.1, 0.15) is 47.4 Å². The minimum atomic E-state index is -3.80. The topological polar surface area (TPSA) is 105 Å². The quantitative estimate of drug-likeness (QED) is 0.516. The highest BCUT2D eigenvalue weighted by Gasteiger charge is 2.33. The molecule has 8 nitrogen and oxygen atoms in total. The number of aryl methyl sites for hydroxylation is 1. The third-order valence-electron chi connectivity index (χ3n) is 6.14. The number of pyridine rings is 1. The Kier molecular flexibility index (Phi) is 6.62. The SMILES string of the molecule is Cc1c(C(=O)c2cccc(S(=O)(=O)N3CC(C)OC(C)C3)c2)c2ccccn2c1CCC(=O)O. The van der Waals surface area contributed by atoms with Gasteiger partial charge in [0.15, 0.2) is 5.78 Å². The molecule has 0 spiro atoms. The average molecular weight is 485 g/mol. The number of benzene rings is 1. The summed E-state index contributed by atoms with van der Waals surface area (Å²) in [5.41, 5.74) is 2.82. The number of morpholine rings is 1. The Balaban J connectivity index is 1.73. The maximum Gasteiger partial charge on any atom is 0.303 e. The van der Waals surface area contributed by atoms with Crippen LogP contribution in [0.3, 0.4) is 0 Å². The summed E-state index contributed by atoms with van der Waals surface area (Å²) in [6.07, 6.45) is 1.59. The van der Waals surface area contributed by atoms with Gasteiger partial charge in [0.1, 0.15) is 0 Å². The lowest BCUT2D eigenvalue weighted by Crippen LogP contribution is -2.48. The fourth-order valence-corrected chi connectivity index (χ4v) is 6.27. The van der Waals surface area contributed by atoms with Gasteiger partial charge in [-0.05, 0) is 57.0 Å². The molecule has 9 heteroatoms. The van der Waals surface area contributed by atoms with E-state index in [1.54, 1.807) is 25.3 Å². The van der Waals surface area contributed by atoms with Gasteiger partial charge in [-0.3, -0.25) is 9.59 Å². The van der Waals surface area contributed by atoms with Crippen molar-refractivity contribution in [1.29, 1.82) is 0 Å². The Morgan fingerprint density at radius 3 is 2.47 bits per heavy atom. The number of nitrogens with zero attached hydrogens (tertiary/aromatic N) is 2. The van der Waals surface area contributed by atoms with Gasteiger partial charge in [0.05, 0.1) is 34.6 Å². The van der Waals surface area contributed by atoms with Crippen LogP contribution in [0.2, 0.25) is 0 Å². The fourth-order valence-electron chi connectivity index (χ4n) is 4.64. The largest absolute Gasteiger partial charge is 0.481 e. The minimum Gasteiger partial charge on any atom is -0.481 e. The maximum atomic E-state index is 13.6. The number of carboxylic acid groups (broad SMARTS) is 1. The normalized spacial score (nSPS) is 19.4. The van der Waals surface area contributed by atoms with E-state index in [2.05, 4.69) is 0 Å². The van der Waals surface area contributed by atoms with Crippen LogP contribution in [0, 0.1) is 6.92 Å². The molecule has 0 amide bonds. The number of carbonyl (C=O) groups is 2. The Hall–Kier alpha value is -3.01. The van der Waals surface area contributed by atoms with Crippen molar-refractivity contribution in [2.24, 2.45) is 0 Å². The van der Waals surface area contributed by atoms with Crippen molar-refractivity contribution < 1.29 is 27.9 Å². The number of carbonyl (C=O) groups excluding carboxylic acids is 1. The number of aliphatic carboxylic acids is 1. The standard InChI is InChI=1S/C25H28N2O6S/c1-16-14-26(15-17(2)33-16)34(31,32)20-8-6-7-19(13-20)25(30)24-18(3)21(10-11-23(28)29)27-12-5-4-9-22(24)27/h4-9,12-13,16-17H,10-11,14-15H2,1-3H3,(H,28,29). The maximum absolute atomic E-state index is 13.6. The number of hydrogen-bond acceptors (Lipinski definition) is 5. The van der Waals surface area contributed by atoms with Crippen LogP contribution in [-0.4, -0.2) is 59.3 Å². The molecule has 1 saturated heterocycles. The second-order valence-corrected chi connectivity index (χ2v) is 10.7. The first kappa shape index (κ1) is 24.1. The second-order valence-electron chi connectivity index (χ2n) is 8.73. The van der Waals surface area contributed by atoms with Crippen molar-refractivity contribution in [2.45, 2.75) is 50.7 Å². The first-order valence-corrected chi connectivity index (χ1v) is 12.6. The van der Waals surface area contributed by atoms with Gasteiger partial charge in [0.2, 0.25) is 10.0 Å². The van der Waals surface area contributed by atoms with Gasteiger partial charge < -0.3 is 14.2 Å². The van der Waals surface area contributed by atoms with E-state index >= 15 is 0 Å². The Morgan fingerprint density at radius 1 is 1.09 bits per heavy atom. The summed E-state index contributed by atoms with van der Waals surface area (Å²) >= 11 is 0. The summed E-state index contributed by atoms with van der Waals surface area (Å²) in [5, 5.41) is 9.13. The summed E-state index contributed by atoms with van der Waals surface area (Å²) < 4.78 is 35.5. The molecule has 3 aromatic rings. The van der Waals surface area contributed by atoms with Gasteiger partial charge >= 0.3 is 5.97 Å². The molecule has 2 aromatic heterocycles. The lowest BCUT2D eigenvalue weighted by atomic mass is 9.99. The van der Waals surface area contributed by atoms with Crippen molar-refractivity contribution in [1.82, 2.24) is 8.71 Å². The van der Waals surface area contributed by atoms with Crippen molar-refractivity contribution in [3.8, 4) is 0 Å². The smallest absolute Gasteiger partial charge is 0.303 e. The number of aromatic nitrogens is 1. The van der Waals surface area contributed by atoms with E-state index in [4.69, 9.17) is 9.84 Å². The molecule has 1 aliphatic rings. The van der Waals surface area contributed by atoms with Crippen molar-refractivity contribution in [3.05, 3.63) is 71.0 Å². The Labute approximate surface area is 198 Å². The summed E-state index contributed by atoms with van der Waals surface area (Å²) in [7, 11) is -3.80. The van der Waals surface area contributed by atoms with E-state index in [0.717, 1.165) is 5.69 Å². The third-order valence-corrected chi connectivity index (χ3v) is 7.97. The Morgan fingerprint density at radius 2 is 1.79 bits per heavy atom. The molecule has 180 valence electrons. The zero-order valence-corrected chi connectivity index (χ0v) is 20.2. The van der Waals surface area contributed by atoms with Crippen molar-refractivity contribution in [2.75, 3.05) is 13.1 Å². The third kappa shape index (κ3) is 4.51. The van der Waals surface area contributed by atoms with E-state index < -0.39 is 16.0 Å². The molecule has 2 atom stereocenters. The highest BCUT2D eigenvalue weighted by Crippen LogP contribution is 2.28. The minimum absolute atomic E-state index is 0.0560. The predicted octanol–water partition coefficient (Wildman–Crippen LogP) is 3.29.